The van der Waals surface area contributed by atoms with Gasteiger partial charge in [-0.2, -0.15) is 16.8 Å². The van der Waals surface area contributed by atoms with Crippen LogP contribution >= 0.6 is 0 Å². The molecule has 0 heterocycles. The van der Waals surface area contributed by atoms with Gasteiger partial charge in [0.1, 0.15) is 0 Å². The van der Waals surface area contributed by atoms with Crippen LogP contribution in [0.3, 0.4) is 0 Å². The van der Waals surface area contributed by atoms with E-state index in [1.165, 1.54) is 13.8 Å². The summed E-state index contributed by atoms with van der Waals surface area (Å²) in [6.45, 7) is 4.55. The lowest BCUT2D eigenvalue weighted by molar-refractivity contribution is 0.223. The molecule has 0 aromatic carbocycles. The molecule has 0 bridgehead atoms. The molecule has 2 unspecified atom stereocenters. The molecular formula is C7H16O6S2. The minimum atomic E-state index is -4.64. The van der Waals surface area contributed by atoms with Crippen molar-refractivity contribution in [3.8, 4) is 0 Å². The van der Waals surface area contributed by atoms with Crippen LogP contribution in [-0.4, -0.2) is 32.1 Å². The molecule has 2 atom stereocenters. The van der Waals surface area contributed by atoms with Gasteiger partial charge in [-0.3, -0.25) is 8.74 Å². The molecule has 0 fully saturated rings. The largest absolute Gasteiger partial charge is 0.287 e. The number of rotatable bonds is 6. The summed E-state index contributed by atoms with van der Waals surface area (Å²) in [5.41, 5.74) is 0. The molecule has 0 saturated heterocycles. The van der Waals surface area contributed by atoms with E-state index in [0.717, 1.165) is 0 Å². The monoisotopic (exact) mass is 260 g/mol. The first-order valence-electron chi connectivity index (χ1n) is 4.53. The zero-order valence-electron chi connectivity index (χ0n) is 8.87. The fourth-order valence-corrected chi connectivity index (χ4v) is 3.80. The SMILES string of the molecule is CCC(C)OS(=O)(=O)C(CC)S(=O)(=O)O. The Morgan fingerprint density at radius 3 is 1.87 bits per heavy atom. The van der Waals surface area contributed by atoms with E-state index in [1.807, 2.05) is 0 Å². The van der Waals surface area contributed by atoms with Gasteiger partial charge in [0.25, 0.3) is 20.2 Å². The van der Waals surface area contributed by atoms with Gasteiger partial charge in [-0.25, -0.2) is 0 Å². The van der Waals surface area contributed by atoms with Crippen molar-refractivity contribution in [2.24, 2.45) is 0 Å². The van der Waals surface area contributed by atoms with Crippen LogP contribution in [-0.2, 0) is 24.4 Å². The fourth-order valence-electron chi connectivity index (χ4n) is 0.923. The molecule has 0 saturated carbocycles. The van der Waals surface area contributed by atoms with E-state index < -0.39 is 30.9 Å². The highest BCUT2D eigenvalue weighted by Crippen LogP contribution is 2.16. The van der Waals surface area contributed by atoms with Gasteiger partial charge in [0.05, 0.1) is 6.10 Å². The quantitative estimate of drug-likeness (QED) is 0.559. The van der Waals surface area contributed by atoms with E-state index in [9.17, 15) is 16.8 Å². The van der Waals surface area contributed by atoms with Crippen molar-refractivity contribution in [2.45, 2.75) is 44.3 Å². The highest BCUT2D eigenvalue weighted by atomic mass is 32.3. The number of hydrogen-bond donors (Lipinski definition) is 1. The van der Waals surface area contributed by atoms with Gasteiger partial charge in [0.2, 0.25) is 4.58 Å². The molecule has 92 valence electrons. The standard InChI is InChI=1S/C7H16O6S2/c1-4-6(3)13-15(11,12)7(5-2)14(8,9)10/h6-7H,4-5H2,1-3H3,(H,8,9,10). The third kappa shape index (κ3) is 4.45. The summed E-state index contributed by atoms with van der Waals surface area (Å²) in [6.07, 6.45) is -0.426. The molecule has 0 aromatic rings. The van der Waals surface area contributed by atoms with Crippen LogP contribution in [0.25, 0.3) is 0 Å². The summed E-state index contributed by atoms with van der Waals surface area (Å²) in [4.78, 5) is 0. The molecule has 0 spiro atoms. The first kappa shape index (κ1) is 14.8. The lowest BCUT2D eigenvalue weighted by atomic mass is 10.3. The van der Waals surface area contributed by atoms with E-state index in [2.05, 4.69) is 4.18 Å². The van der Waals surface area contributed by atoms with E-state index in [-0.39, 0.29) is 6.42 Å². The third-order valence-corrected chi connectivity index (χ3v) is 5.87. The highest BCUT2D eigenvalue weighted by molar-refractivity contribution is 8.04. The van der Waals surface area contributed by atoms with Crippen LogP contribution in [0, 0.1) is 0 Å². The van der Waals surface area contributed by atoms with E-state index in [0.29, 0.717) is 6.42 Å². The second-order valence-electron chi connectivity index (χ2n) is 3.16. The predicted octanol–water partition coefficient (Wildman–Crippen LogP) is 0.755. The molecule has 1 N–H and O–H groups in total. The van der Waals surface area contributed by atoms with Crippen LogP contribution in [0.2, 0.25) is 0 Å². The topological polar surface area (TPSA) is 97.7 Å². The van der Waals surface area contributed by atoms with Crippen molar-refractivity contribution >= 4 is 20.2 Å². The van der Waals surface area contributed by atoms with Crippen LogP contribution in [0.15, 0.2) is 0 Å². The molecule has 0 rings (SSSR count). The van der Waals surface area contributed by atoms with Crippen LogP contribution in [0.5, 0.6) is 0 Å². The molecule has 0 aromatic heterocycles. The summed E-state index contributed by atoms with van der Waals surface area (Å²) in [7, 11) is -8.92. The molecule has 0 radical (unpaired) electrons. The lowest BCUT2D eigenvalue weighted by Gasteiger charge is -2.15. The summed E-state index contributed by atoms with van der Waals surface area (Å²) in [6, 6.07) is 0. The lowest BCUT2D eigenvalue weighted by Crippen LogP contribution is -2.32. The summed E-state index contributed by atoms with van der Waals surface area (Å²) in [5.74, 6) is 0. The van der Waals surface area contributed by atoms with Crippen LogP contribution < -0.4 is 0 Å². The second kappa shape index (κ2) is 5.24. The molecule has 6 nitrogen and oxygen atoms in total. The Morgan fingerprint density at radius 2 is 1.60 bits per heavy atom. The van der Waals surface area contributed by atoms with Crippen molar-refractivity contribution in [1.29, 1.82) is 0 Å². The minimum Gasteiger partial charge on any atom is -0.284 e. The molecular weight excluding hydrogens is 244 g/mol. The van der Waals surface area contributed by atoms with Gasteiger partial charge in [0.15, 0.2) is 0 Å². The molecule has 0 aliphatic heterocycles. The van der Waals surface area contributed by atoms with Gasteiger partial charge in [-0.1, -0.05) is 13.8 Å². The Labute approximate surface area is 90.5 Å². The van der Waals surface area contributed by atoms with Crippen molar-refractivity contribution in [3.63, 3.8) is 0 Å². The Kier molecular flexibility index (Phi) is 5.18. The zero-order valence-corrected chi connectivity index (χ0v) is 10.5. The van der Waals surface area contributed by atoms with E-state index >= 15 is 0 Å². The highest BCUT2D eigenvalue weighted by Gasteiger charge is 2.36. The molecule has 0 aliphatic rings. The summed E-state index contributed by atoms with van der Waals surface area (Å²) < 4.78 is 55.8. The maximum Gasteiger partial charge on any atom is 0.287 e. The first-order valence-corrected chi connectivity index (χ1v) is 7.51. The zero-order chi connectivity index (χ0) is 12.3. The van der Waals surface area contributed by atoms with Gasteiger partial charge < -0.3 is 0 Å². The summed E-state index contributed by atoms with van der Waals surface area (Å²) >= 11 is 0. The molecule has 15 heavy (non-hydrogen) atoms. The molecule has 0 amide bonds. The van der Waals surface area contributed by atoms with Crippen LogP contribution in [0.1, 0.15) is 33.6 Å². The second-order valence-corrected chi connectivity index (χ2v) is 6.81. The van der Waals surface area contributed by atoms with Crippen molar-refractivity contribution in [2.75, 3.05) is 0 Å². The summed E-state index contributed by atoms with van der Waals surface area (Å²) in [5, 5.41) is 0. The molecule has 0 aliphatic carbocycles. The van der Waals surface area contributed by atoms with Crippen LogP contribution in [0.4, 0.5) is 0 Å². The average molecular weight is 260 g/mol. The minimum absolute atomic E-state index is 0.252. The average Bonchev–Trinajstić information content (AvgIpc) is 2.00. The first-order chi connectivity index (χ1) is 6.65. The van der Waals surface area contributed by atoms with Gasteiger partial charge in [0, 0.05) is 0 Å². The maximum atomic E-state index is 11.4. The Balaban J connectivity index is 5.01. The van der Waals surface area contributed by atoms with Crippen molar-refractivity contribution in [3.05, 3.63) is 0 Å². The maximum absolute atomic E-state index is 11.4. The van der Waals surface area contributed by atoms with E-state index in [1.54, 1.807) is 6.92 Å². The Bertz CT molecular complexity index is 382. The van der Waals surface area contributed by atoms with Crippen molar-refractivity contribution in [1.82, 2.24) is 0 Å². The smallest absolute Gasteiger partial charge is 0.284 e. The third-order valence-electron chi connectivity index (χ3n) is 1.86. The van der Waals surface area contributed by atoms with Gasteiger partial charge in [-0.15, -0.1) is 0 Å². The number of hydrogen-bond acceptors (Lipinski definition) is 5. The van der Waals surface area contributed by atoms with Crippen molar-refractivity contribution < 1.29 is 25.6 Å². The van der Waals surface area contributed by atoms with Gasteiger partial charge in [-0.05, 0) is 19.8 Å². The fraction of sp³-hybridized carbons (Fsp3) is 1.00. The Hall–Kier alpha value is -0.180. The van der Waals surface area contributed by atoms with Gasteiger partial charge >= 0.3 is 0 Å². The Morgan fingerprint density at radius 1 is 1.13 bits per heavy atom. The molecule has 8 heteroatoms. The van der Waals surface area contributed by atoms with E-state index in [4.69, 9.17) is 4.55 Å². The normalized spacial score (nSPS) is 17.3. The predicted molar refractivity (Wildman–Crippen MR) is 55.4 cm³/mol.